The molecule has 160 valence electrons. The Morgan fingerprint density at radius 2 is 1.61 bits per heavy atom. The van der Waals surface area contributed by atoms with Crippen molar-refractivity contribution in [2.45, 2.75) is 13.0 Å². The van der Waals surface area contributed by atoms with Crippen molar-refractivity contribution in [3.05, 3.63) is 84.3 Å². The molecule has 1 saturated heterocycles. The third-order valence-corrected chi connectivity index (χ3v) is 5.15. The van der Waals surface area contributed by atoms with E-state index in [1.807, 2.05) is 66.9 Å². The van der Waals surface area contributed by atoms with Crippen LogP contribution in [0.15, 0.2) is 73.1 Å². The average Bonchev–Trinajstić information content (AvgIpc) is 2.82. The summed E-state index contributed by atoms with van der Waals surface area (Å²) in [6.07, 6.45) is 3.97. The molecule has 7 nitrogen and oxygen atoms in total. The summed E-state index contributed by atoms with van der Waals surface area (Å²) in [4.78, 5) is 25.0. The van der Waals surface area contributed by atoms with E-state index in [1.54, 1.807) is 11.1 Å². The number of hydrogen-bond acceptors (Lipinski definition) is 6. The Morgan fingerprint density at radius 3 is 2.29 bits per heavy atom. The van der Waals surface area contributed by atoms with E-state index in [2.05, 4.69) is 14.9 Å². The molecule has 0 N–H and O–H groups in total. The van der Waals surface area contributed by atoms with Gasteiger partial charge in [0.05, 0.1) is 12.3 Å². The number of rotatable bonds is 7. The van der Waals surface area contributed by atoms with Crippen molar-refractivity contribution in [1.29, 1.82) is 0 Å². The van der Waals surface area contributed by atoms with Crippen LogP contribution in [0.4, 0.5) is 4.79 Å². The normalized spacial score (nSPS) is 14.3. The van der Waals surface area contributed by atoms with Gasteiger partial charge < -0.3 is 14.4 Å². The predicted molar refractivity (Wildman–Crippen MR) is 117 cm³/mol. The monoisotopic (exact) mass is 418 g/mol. The van der Waals surface area contributed by atoms with Crippen LogP contribution in [-0.2, 0) is 13.0 Å². The minimum Gasteiger partial charge on any atom is -0.477 e. The Kier molecular flexibility index (Phi) is 7.08. The molecule has 0 spiro atoms. The van der Waals surface area contributed by atoms with E-state index in [-0.39, 0.29) is 6.09 Å². The highest BCUT2D eigenvalue weighted by molar-refractivity contribution is 5.70. The molecule has 1 aliphatic rings. The molecule has 31 heavy (non-hydrogen) atoms. The zero-order chi connectivity index (χ0) is 21.3. The Morgan fingerprint density at radius 1 is 0.871 bits per heavy atom. The Bertz CT molecular complexity index is 944. The molecule has 0 saturated carbocycles. The number of ether oxygens (including phenoxy) is 2. The van der Waals surface area contributed by atoms with Gasteiger partial charge in [-0.1, -0.05) is 24.3 Å². The van der Waals surface area contributed by atoms with Crippen molar-refractivity contribution >= 4 is 6.09 Å². The lowest BCUT2D eigenvalue weighted by atomic mass is 10.1. The first-order valence-corrected chi connectivity index (χ1v) is 10.5. The van der Waals surface area contributed by atoms with E-state index >= 15 is 0 Å². The van der Waals surface area contributed by atoms with Crippen molar-refractivity contribution in [3.63, 3.8) is 0 Å². The van der Waals surface area contributed by atoms with Gasteiger partial charge in [-0.05, 0) is 35.9 Å². The molecule has 2 aromatic heterocycles. The van der Waals surface area contributed by atoms with Gasteiger partial charge in [0.2, 0.25) is 5.88 Å². The topological polar surface area (TPSA) is 67.8 Å². The second kappa shape index (κ2) is 10.5. The zero-order valence-corrected chi connectivity index (χ0v) is 17.4. The first-order chi connectivity index (χ1) is 15.3. The highest BCUT2D eigenvalue weighted by Gasteiger charge is 2.22. The third-order valence-electron chi connectivity index (χ3n) is 5.15. The van der Waals surface area contributed by atoms with Gasteiger partial charge in [-0.3, -0.25) is 9.88 Å². The van der Waals surface area contributed by atoms with Crippen molar-refractivity contribution in [1.82, 2.24) is 19.8 Å². The third kappa shape index (κ3) is 6.26. The molecule has 0 radical (unpaired) electrons. The SMILES string of the molecule is O=C(Oc1ccc(CCOc2ccccn2)cc1)N1CCN(Cc2ccccn2)CC1. The maximum absolute atomic E-state index is 12.5. The number of carbonyl (C=O) groups excluding carboxylic acids is 1. The molecule has 3 aromatic rings. The number of amides is 1. The summed E-state index contributed by atoms with van der Waals surface area (Å²) in [5.74, 6) is 1.17. The molecule has 7 heteroatoms. The summed E-state index contributed by atoms with van der Waals surface area (Å²) in [5, 5.41) is 0. The van der Waals surface area contributed by atoms with Crippen LogP contribution in [0.25, 0.3) is 0 Å². The minimum absolute atomic E-state index is 0.302. The molecule has 4 rings (SSSR count). The summed E-state index contributed by atoms with van der Waals surface area (Å²) >= 11 is 0. The van der Waals surface area contributed by atoms with Crippen LogP contribution in [0.5, 0.6) is 11.6 Å². The largest absolute Gasteiger partial charge is 0.477 e. The van der Waals surface area contributed by atoms with Gasteiger partial charge >= 0.3 is 6.09 Å². The molecule has 0 aliphatic carbocycles. The van der Waals surface area contributed by atoms with Gasteiger partial charge in [0.15, 0.2) is 0 Å². The zero-order valence-electron chi connectivity index (χ0n) is 17.4. The highest BCUT2D eigenvalue weighted by atomic mass is 16.6. The number of pyridine rings is 2. The molecule has 0 unspecified atom stereocenters. The van der Waals surface area contributed by atoms with Crippen molar-refractivity contribution in [3.8, 4) is 11.6 Å². The molecular weight excluding hydrogens is 392 g/mol. The molecular formula is C24H26N4O3. The number of benzene rings is 1. The summed E-state index contributed by atoms with van der Waals surface area (Å²) in [5.41, 5.74) is 2.16. The number of piperazine rings is 1. The van der Waals surface area contributed by atoms with Gasteiger partial charge in [0.25, 0.3) is 0 Å². The molecule has 0 atom stereocenters. The molecule has 1 amide bonds. The molecule has 1 aliphatic heterocycles. The van der Waals surface area contributed by atoms with E-state index in [1.165, 1.54) is 0 Å². The number of carbonyl (C=O) groups is 1. The van der Waals surface area contributed by atoms with E-state index in [4.69, 9.17) is 9.47 Å². The number of hydrogen-bond donors (Lipinski definition) is 0. The van der Waals surface area contributed by atoms with Crippen LogP contribution in [0.1, 0.15) is 11.3 Å². The fourth-order valence-corrected chi connectivity index (χ4v) is 3.40. The molecule has 1 fully saturated rings. The lowest BCUT2D eigenvalue weighted by Crippen LogP contribution is -2.49. The first kappa shape index (κ1) is 20.8. The Balaban J connectivity index is 1.19. The van der Waals surface area contributed by atoms with Gasteiger partial charge in [-0.2, -0.15) is 0 Å². The highest BCUT2D eigenvalue weighted by Crippen LogP contribution is 2.15. The number of nitrogens with zero attached hydrogens (tertiary/aromatic N) is 4. The van der Waals surface area contributed by atoms with Crippen LogP contribution in [0.3, 0.4) is 0 Å². The Labute approximate surface area is 182 Å². The van der Waals surface area contributed by atoms with Crippen LogP contribution in [0.2, 0.25) is 0 Å². The van der Waals surface area contributed by atoms with Gasteiger partial charge in [0, 0.05) is 57.6 Å². The summed E-state index contributed by atoms with van der Waals surface area (Å²) in [6.45, 7) is 4.25. The molecule has 0 bridgehead atoms. The van der Waals surface area contributed by atoms with Crippen LogP contribution in [-0.4, -0.2) is 58.6 Å². The average molecular weight is 418 g/mol. The standard InChI is InChI=1S/C24H26N4O3/c29-24(28-16-14-27(15-17-28)19-21-5-1-3-12-25-21)31-22-9-7-20(8-10-22)11-18-30-23-6-2-4-13-26-23/h1-10,12-13H,11,14-19H2. The molecule has 1 aromatic carbocycles. The first-order valence-electron chi connectivity index (χ1n) is 10.5. The van der Waals surface area contributed by atoms with Gasteiger partial charge in [-0.15, -0.1) is 0 Å². The van der Waals surface area contributed by atoms with E-state index < -0.39 is 0 Å². The second-order valence-electron chi connectivity index (χ2n) is 7.36. The fraction of sp³-hybridized carbons (Fsp3) is 0.292. The van der Waals surface area contributed by atoms with E-state index in [0.29, 0.717) is 31.3 Å². The van der Waals surface area contributed by atoms with E-state index in [9.17, 15) is 4.79 Å². The lowest BCUT2D eigenvalue weighted by molar-refractivity contribution is 0.107. The maximum Gasteiger partial charge on any atom is 0.415 e. The summed E-state index contributed by atoms with van der Waals surface area (Å²) in [7, 11) is 0. The van der Waals surface area contributed by atoms with E-state index in [0.717, 1.165) is 37.3 Å². The fourth-order valence-electron chi connectivity index (χ4n) is 3.40. The number of aromatic nitrogens is 2. The van der Waals surface area contributed by atoms with Crippen LogP contribution >= 0.6 is 0 Å². The molecule has 3 heterocycles. The van der Waals surface area contributed by atoms with Crippen LogP contribution < -0.4 is 9.47 Å². The Hall–Kier alpha value is -3.45. The minimum atomic E-state index is -0.302. The smallest absolute Gasteiger partial charge is 0.415 e. The lowest BCUT2D eigenvalue weighted by Gasteiger charge is -2.33. The van der Waals surface area contributed by atoms with Gasteiger partial charge in [-0.25, -0.2) is 9.78 Å². The quantitative estimate of drug-likeness (QED) is 0.586. The van der Waals surface area contributed by atoms with Crippen molar-refractivity contribution in [2.75, 3.05) is 32.8 Å². The van der Waals surface area contributed by atoms with Crippen molar-refractivity contribution in [2.24, 2.45) is 0 Å². The predicted octanol–water partition coefficient (Wildman–Crippen LogP) is 3.41. The summed E-state index contributed by atoms with van der Waals surface area (Å²) in [6, 6.07) is 19.1. The second-order valence-corrected chi connectivity index (χ2v) is 7.36. The van der Waals surface area contributed by atoms with Crippen LogP contribution in [0, 0.1) is 0 Å². The van der Waals surface area contributed by atoms with Gasteiger partial charge in [0.1, 0.15) is 5.75 Å². The maximum atomic E-state index is 12.5. The summed E-state index contributed by atoms with van der Waals surface area (Å²) < 4.78 is 11.2. The van der Waals surface area contributed by atoms with Crippen molar-refractivity contribution < 1.29 is 14.3 Å².